The second kappa shape index (κ2) is 6.93. The van der Waals surface area contributed by atoms with Crippen LogP contribution in [-0.2, 0) is 13.0 Å². The summed E-state index contributed by atoms with van der Waals surface area (Å²) >= 11 is 0. The molecule has 0 aliphatic carbocycles. The van der Waals surface area contributed by atoms with Gasteiger partial charge >= 0.3 is 0 Å². The zero-order chi connectivity index (χ0) is 18.0. The lowest BCUT2D eigenvalue weighted by molar-refractivity contribution is 0.138. The first-order valence-corrected chi connectivity index (χ1v) is 9.10. The standard InChI is InChI=1S/C23H24N2O/c1-23(2)15-20-14-17(8-9-21(20)26-23)16-25-22(18-6-4-3-5-7-18)19-10-12-24-13-11-19/h3-14,22,25H,15-16H2,1-2H3. The van der Waals surface area contributed by atoms with E-state index in [9.17, 15) is 0 Å². The van der Waals surface area contributed by atoms with Gasteiger partial charge in [-0.1, -0.05) is 42.5 Å². The molecule has 4 rings (SSSR count). The van der Waals surface area contributed by atoms with E-state index >= 15 is 0 Å². The fraction of sp³-hybridized carbons (Fsp3) is 0.261. The topological polar surface area (TPSA) is 34.2 Å². The largest absolute Gasteiger partial charge is 0.487 e. The van der Waals surface area contributed by atoms with Crippen molar-refractivity contribution in [2.24, 2.45) is 0 Å². The molecule has 1 unspecified atom stereocenters. The van der Waals surface area contributed by atoms with Crippen LogP contribution in [0.2, 0.25) is 0 Å². The van der Waals surface area contributed by atoms with Gasteiger partial charge in [-0.25, -0.2) is 0 Å². The molecule has 3 aromatic rings. The molecule has 3 nitrogen and oxygen atoms in total. The number of ether oxygens (including phenoxy) is 1. The van der Waals surface area contributed by atoms with Crippen LogP contribution >= 0.6 is 0 Å². The summed E-state index contributed by atoms with van der Waals surface area (Å²) in [6.45, 7) is 5.08. The minimum Gasteiger partial charge on any atom is -0.487 e. The number of fused-ring (bicyclic) bond motifs is 1. The molecule has 0 spiro atoms. The lowest BCUT2D eigenvalue weighted by atomic mass is 9.98. The van der Waals surface area contributed by atoms with Gasteiger partial charge in [0, 0.05) is 25.4 Å². The van der Waals surface area contributed by atoms with Gasteiger partial charge < -0.3 is 10.1 Å². The quantitative estimate of drug-likeness (QED) is 0.730. The van der Waals surface area contributed by atoms with Crippen molar-refractivity contribution in [3.05, 3.63) is 95.3 Å². The van der Waals surface area contributed by atoms with Gasteiger partial charge in [0.25, 0.3) is 0 Å². The number of rotatable bonds is 5. The van der Waals surface area contributed by atoms with E-state index in [0.29, 0.717) is 0 Å². The lowest BCUT2D eigenvalue weighted by Gasteiger charge is -2.20. The Kier molecular flexibility index (Phi) is 4.48. The number of benzene rings is 2. The molecule has 1 aromatic heterocycles. The summed E-state index contributed by atoms with van der Waals surface area (Å²) in [6, 6.07) is 21.4. The van der Waals surface area contributed by atoms with E-state index in [2.05, 4.69) is 84.8 Å². The first kappa shape index (κ1) is 16.8. The average molecular weight is 344 g/mol. The Morgan fingerprint density at radius 3 is 2.50 bits per heavy atom. The van der Waals surface area contributed by atoms with E-state index in [1.54, 1.807) is 0 Å². The van der Waals surface area contributed by atoms with Crippen molar-refractivity contribution in [1.29, 1.82) is 0 Å². The minimum atomic E-state index is -0.0992. The second-order valence-corrected chi connectivity index (χ2v) is 7.49. The molecule has 0 amide bonds. The number of aromatic nitrogens is 1. The molecule has 1 N–H and O–H groups in total. The van der Waals surface area contributed by atoms with Crippen LogP contribution in [0.4, 0.5) is 0 Å². The van der Waals surface area contributed by atoms with Crippen molar-refractivity contribution in [3.63, 3.8) is 0 Å². The van der Waals surface area contributed by atoms with E-state index in [1.807, 2.05) is 12.4 Å². The van der Waals surface area contributed by atoms with Crippen LogP contribution < -0.4 is 10.1 Å². The fourth-order valence-corrected chi connectivity index (χ4v) is 3.62. The average Bonchev–Trinajstić information content (AvgIpc) is 2.97. The third-order valence-corrected chi connectivity index (χ3v) is 4.81. The van der Waals surface area contributed by atoms with Crippen molar-refractivity contribution >= 4 is 0 Å². The number of nitrogens with zero attached hydrogens (tertiary/aromatic N) is 1. The molecule has 1 aliphatic heterocycles. The van der Waals surface area contributed by atoms with Crippen LogP contribution in [0, 0.1) is 0 Å². The molecule has 26 heavy (non-hydrogen) atoms. The SMILES string of the molecule is CC1(C)Cc2cc(CNC(c3ccccc3)c3ccncc3)ccc2O1. The van der Waals surface area contributed by atoms with Gasteiger partial charge in [0.1, 0.15) is 11.4 Å². The number of nitrogens with one attached hydrogen (secondary N) is 1. The smallest absolute Gasteiger partial charge is 0.123 e. The second-order valence-electron chi connectivity index (χ2n) is 7.49. The molecule has 1 atom stereocenters. The monoisotopic (exact) mass is 344 g/mol. The van der Waals surface area contributed by atoms with E-state index < -0.39 is 0 Å². The maximum Gasteiger partial charge on any atom is 0.123 e. The predicted octanol–water partition coefficient (Wildman–Crippen LogP) is 4.67. The lowest BCUT2D eigenvalue weighted by Crippen LogP contribution is -2.24. The Labute approximate surface area is 155 Å². The summed E-state index contributed by atoms with van der Waals surface area (Å²) < 4.78 is 5.99. The molecule has 132 valence electrons. The van der Waals surface area contributed by atoms with Crippen LogP contribution in [0.15, 0.2) is 73.1 Å². The van der Waals surface area contributed by atoms with Gasteiger partial charge in [0.15, 0.2) is 0 Å². The van der Waals surface area contributed by atoms with E-state index in [0.717, 1.165) is 18.7 Å². The van der Waals surface area contributed by atoms with E-state index in [-0.39, 0.29) is 11.6 Å². The van der Waals surface area contributed by atoms with Gasteiger partial charge in [-0.05, 0) is 54.3 Å². The predicted molar refractivity (Wildman–Crippen MR) is 104 cm³/mol. The van der Waals surface area contributed by atoms with Gasteiger partial charge in [-0.15, -0.1) is 0 Å². The highest BCUT2D eigenvalue weighted by molar-refractivity contribution is 5.42. The molecule has 0 radical (unpaired) electrons. The summed E-state index contributed by atoms with van der Waals surface area (Å²) in [5.41, 5.74) is 4.95. The highest BCUT2D eigenvalue weighted by atomic mass is 16.5. The highest BCUT2D eigenvalue weighted by Gasteiger charge is 2.29. The summed E-state index contributed by atoms with van der Waals surface area (Å²) in [6.07, 6.45) is 4.66. The number of hydrogen-bond acceptors (Lipinski definition) is 3. The third-order valence-electron chi connectivity index (χ3n) is 4.81. The maximum absolute atomic E-state index is 5.99. The van der Waals surface area contributed by atoms with E-state index in [1.165, 1.54) is 22.3 Å². The summed E-state index contributed by atoms with van der Waals surface area (Å²) in [7, 11) is 0. The van der Waals surface area contributed by atoms with Crippen LogP contribution in [0.1, 0.15) is 42.1 Å². The van der Waals surface area contributed by atoms with Crippen LogP contribution in [0.5, 0.6) is 5.75 Å². The van der Waals surface area contributed by atoms with Crippen molar-refractivity contribution in [2.75, 3.05) is 0 Å². The van der Waals surface area contributed by atoms with Crippen molar-refractivity contribution in [1.82, 2.24) is 10.3 Å². The molecule has 0 bridgehead atoms. The van der Waals surface area contributed by atoms with Gasteiger partial charge in [0.2, 0.25) is 0 Å². The molecular formula is C23H24N2O. The summed E-state index contributed by atoms with van der Waals surface area (Å²) in [4.78, 5) is 4.15. The van der Waals surface area contributed by atoms with E-state index in [4.69, 9.17) is 4.74 Å². The minimum absolute atomic E-state index is 0.0992. The van der Waals surface area contributed by atoms with Crippen molar-refractivity contribution in [3.8, 4) is 5.75 Å². The molecule has 2 aromatic carbocycles. The number of pyridine rings is 1. The fourth-order valence-electron chi connectivity index (χ4n) is 3.62. The maximum atomic E-state index is 5.99. The molecule has 0 saturated carbocycles. The van der Waals surface area contributed by atoms with Gasteiger partial charge in [-0.3, -0.25) is 4.98 Å². The Hall–Kier alpha value is -2.65. The van der Waals surface area contributed by atoms with Crippen LogP contribution in [0.25, 0.3) is 0 Å². The van der Waals surface area contributed by atoms with Crippen LogP contribution in [-0.4, -0.2) is 10.6 Å². The molecule has 3 heteroatoms. The Morgan fingerprint density at radius 1 is 1.00 bits per heavy atom. The number of hydrogen-bond donors (Lipinski definition) is 1. The third kappa shape index (κ3) is 3.63. The highest BCUT2D eigenvalue weighted by Crippen LogP contribution is 2.35. The molecular weight excluding hydrogens is 320 g/mol. The molecule has 0 saturated heterocycles. The summed E-state index contributed by atoms with van der Waals surface area (Å²) in [5, 5.41) is 3.71. The Morgan fingerprint density at radius 2 is 1.73 bits per heavy atom. The van der Waals surface area contributed by atoms with Gasteiger partial charge in [0.05, 0.1) is 6.04 Å². The van der Waals surface area contributed by atoms with Gasteiger partial charge in [-0.2, -0.15) is 0 Å². The summed E-state index contributed by atoms with van der Waals surface area (Å²) in [5.74, 6) is 1.02. The zero-order valence-electron chi connectivity index (χ0n) is 15.3. The zero-order valence-corrected chi connectivity index (χ0v) is 15.3. The first-order valence-electron chi connectivity index (χ1n) is 9.10. The van der Waals surface area contributed by atoms with Crippen molar-refractivity contribution < 1.29 is 4.74 Å². The first-order chi connectivity index (χ1) is 12.6. The Balaban J connectivity index is 1.55. The molecule has 2 heterocycles. The molecule has 1 aliphatic rings. The van der Waals surface area contributed by atoms with Crippen LogP contribution in [0.3, 0.4) is 0 Å². The molecule has 0 fully saturated rings. The normalized spacial score (nSPS) is 15.9. The van der Waals surface area contributed by atoms with Crippen molar-refractivity contribution in [2.45, 2.75) is 38.5 Å². The Bertz CT molecular complexity index is 836.